The molecule has 4 aromatic rings. The number of anilines is 1. The van der Waals surface area contributed by atoms with E-state index in [1.165, 1.54) is 29.0 Å². The SMILES string of the molecule is CCCN(CCC)Cc1ccc(-c2cc3nccc(Oc4ccc(N)cc4F)c3s2)nc1. The molecule has 2 N–H and O–H groups in total. The van der Waals surface area contributed by atoms with Crippen molar-refractivity contribution in [3.63, 3.8) is 0 Å². The molecule has 0 aliphatic rings. The number of hydrogen-bond donors (Lipinski definition) is 1. The quantitative estimate of drug-likeness (QED) is 0.295. The smallest absolute Gasteiger partial charge is 0.167 e. The highest BCUT2D eigenvalue weighted by atomic mass is 32.1. The van der Waals surface area contributed by atoms with Crippen LogP contribution in [0.4, 0.5) is 10.1 Å². The van der Waals surface area contributed by atoms with E-state index in [0.717, 1.165) is 53.3 Å². The molecule has 3 aromatic heterocycles. The van der Waals surface area contributed by atoms with Crippen LogP contribution in [0, 0.1) is 5.82 Å². The van der Waals surface area contributed by atoms with Crippen molar-refractivity contribution in [3.8, 4) is 22.1 Å². The van der Waals surface area contributed by atoms with Gasteiger partial charge in [0.2, 0.25) is 0 Å². The molecule has 166 valence electrons. The van der Waals surface area contributed by atoms with Gasteiger partial charge in [0.1, 0.15) is 5.75 Å². The number of nitrogens with two attached hydrogens (primary N) is 1. The van der Waals surface area contributed by atoms with Crippen LogP contribution in [-0.4, -0.2) is 28.0 Å². The van der Waals surface area contributed by atoms with Crippen LogP contribution in [0.3, 0.4) is 0 Å². The summed E-state index contributed by atoms with van der Waals surface area (Å²) in [6.45, 7) is 7.51. The zero-order valence-corrected chi connectivity index (χ0v) is 19.2. The molecule has 0 unspecified atom stereocenters. The zero-order valence-electron chi connectivity index (χ0n) is 18.3. The normalized spacial score (nSPS) is 11.4. The third-order valence-corrected chi connectivity index (χ3v) is 6.28. The van der Waals surface area contributed by atoms with Crippen molar-refractivity contribution < 1.29 is 9.13 Å². The molecule has 0 saturated carbocycles. The second-order valence-electron chi connectivity index (χ2n) is 7.75. The van der Waals surface area contributed by atoms with Gasteiger partial charge >= 0.3 is 0 Å². The van der Waals surface area contributed by atoms with Crippen LogP contribution in [0.25, 0.3) is 20.8 Å². The molecule has 0 spiro atoms. The summed E-state index contributed by atoms with van der Waals surface area (Å²) in [5.74, 6) is 0.193. The Balaban J connectivity index is 1.57. The number of halogens is 1. The predicted octanol–water partition coefficient (Wildman–Crippen LogP) is 6.49. The Labute approximate surface area is 191 Å². The third kappa shape index (κ3) is 5.06. The van der Waals surface area contributed by atoms with Gasteiger partial charge in [0, 0.05) is 36.8 Å². The fourth-order valence-electron chi connectivity index (χ4n) is 3.66. The molecular weight excluding hydrogens is 423 g/mol. The first-order chi connectivity index (χ1) is 15.6. The number of thiophene rings is 1. The van der Waals surface area contributed by atoms with E-state index in [2.05, 4.69) is 35.9 Å². The van der Waals surface area contributed by atoms with Gasteiger partial charge in [-0.1, -0.05) is 19.9 Å². The summed E-state index contributed by atoms with van der Waals surface area (Å²) in [6.07, 6.45) is 5.90. The molecule has 0 saturated heterocycles. The lowest BCUT2D eigenvalue weighted by atomic mass is 10.2. The second kappa shape index (κ2) is 10.1. The summed E-state index contributed by atoms with van der Waals surface area (Å²) in [6, 6.07) is 12.3. The number of nitrogens with zero attached hydrogens (tertiary/aromatic N) is 3. The Morgan fingerprint density at radius 2 is 1.81 bits per heavy atom. The van der Waals surface area contributed by atoms with Gasteiger partial charge in [0.25, 0.3) is 0 Å². The van der Waals surface area contributed by atoms with E-state index in [9.17, 15) is 4.39 Å². The van der Waals surface area contributed by atoms with Gasteiger partial charge in [0.05, 0.1) is 20.8 Å². The van der Waals surface area contributed by atoms with Gasteiger partial charge in [-0.15, -0.1) is 11.3 Å². The number of hydrogen-bond acceptors (Lipinski definition) is 6. The predicted molar refractivity (Wildman–Crippen MR) is 130 cm³/mol. The minimum atomic E-state index is -0.496. The maximum atomic E-state index is 14.2. The Morgan fingerprint density at radius 1 is 1.00 bits per heavy atom. The summed E-state index contributed by atoms with van der Waals surface area (Å²) < 4.78 is 20.9. The van der Waals surface area contributed by atoms with Crippen molar-refractivity contribution in [2.75, 3.05) is 18.8 Å². The molecule has 0 aliphatic heterocycles. The van der Waals surface area contributed by atoms with Crippen LogP contribution in [0.2, 0.25) is 0 Å². The van der Waals surface area contributed by atoms with Crippen molar-refractivity contribution >= 4 is 27.2 Å². The van der Waals surface area contributed by atoms with Crippen LogP contribution in [-0.2, 0) is 6.54 Å². The average molecular weight is 451 g/mol. The summed E-state index contributed by atoms with van der Waals surface area (Å²) >= 11 is 1.53. The van der Waals surface area contributed by atoms with E-state index in [1.54, 1.807) is 18.3 Å². The second-order valence-corrected chi connectivity index (χ2v) is 8.81. The van der Waals surface area contributed by atoms with E-state index in [4.69, 9.17) is 15.5 Å². The number of rotatable bonds is 9. The lowest BCUT2D eigenvalue weighted by Gasteiger charge is -2.20. The van der Waals surface area contributed by atoms with Crippen LogP contribution in [0.15, 0.2) is 54.9 Å². The van der Waals surface area contributed by atoms with Crippen molar-refractivity contribution in [2.45, 2.75) is 33.2 Å². The average Bonchev–Trinajstić information content (AvgIpc) is 3.22. The Kier molecular flexibility index (Phi) is 6.97. The molecule has 32 heavy (non-hydrogen) atoms. The number of nitrogen functional groups attached to an aromatic ring is 1. The highest BCUT2D eigenvalue weighted by Gasteiger charge is 2.14. The molecule has 1 aromatic carbocycles. The van der Waals surface area contributed by atoms with Crippen molar-refractivity contribution in [3.05, 3.63) is 66.2 Å². The van der Waals surface area contributed by atoms with Gasteiger partial charge in [-0.2, -0.15) is 0 Å². The molecule has 0 aliphatic carbocycles. The van der Waals surface area contributed by atoms with E-state index in [1.807, 2.05) is 12.3 Å². The number of aromatic nitrogens is 2. The topological polar surface area (TPSA) is 64.3 Å². The molecule has 7 heteroatoms. The van der Waals surface area contributed by atoms with Crippen LogP contribution >= 0.6 is 11.3 Å². The maximum absolute atomic E-state index is 14.2. The minimum absolute atomic E-state index is 0.132. The van der Waals surface area contributed by atoms with Gasteiger partial charge < -0.3 is 10.5 Å². The van der Waals surface area contributed by atoms with Crippen molar-refractivity contribution in [1.29, 1.82) is 0 Å². The standard InChI is InChI=1S/C25H27FN4OS/c1-3-11-30(12-4-2)16-17-5-7-20(29-15-17)24-14-21-25(32-24)23(9-10-28-21)31-22-8-6-18(27)13-19(22)26/h5-10,13-15H,3-4,11-12,16,27H2,1-2H3. The van der Waals surface area contributed by atoms with E-state index >= 15 is 0 Å². The molecule has 0 amide bonds. The van der Waals surface area contributed by atoms with E-state index in [-0.39, 0.29) is 5.75 Å². The van der Waals surface area contributed by atoms with E-state index in [0.29, 0.717) is 11.4 Å². The lowest BCUT2D eigenvalue weighted by Crippen LogP contribution is -2.24. The summed E-state index contributed by atoms with van der Waals surface area (Å²) in [7, 11) is 0. The van der Waals surface area contributed by atoms with Gasteiger partial charge in [-0.3, -0.25) is 14.9 Å². The van der Waals surface area contributed by atoms with Crippen LogP contribution in [0.5, 0.6) is 11.5 Å². The summed E-state index contributed by atoms with van der Waals surface area (Å²) in [4.78, 5) is 12.6. The monoisotopic (exact) mass is 450 g/mol. The number of fused-ring (bicyclic) bond motifs is 1. The van der Waals surface area contributed by atoms with Gasteiger partial charge in [-0.05, 0) is 55.8 Å². The summed E-state index contributed by atoms with van der Waals surface area (Å²) in [5.41, 5.74) is 8.88. The highest BCUT2D eigenvalue weighted by molar-refractivity contribution is 7.22. The Hall–Kier alpha value is -3.03. The summed E-state index contributed by atoms with van der Waals surface area (Å²) in [5, 5.41) is 0. The first-order valence-corrected chi connectivity index (χ1v) is 11.7. The first kappa shape index (κ1) is 22.2. The fraction of sp³-hybridized carbons (Fsp3) is 0.280. The molecule has 4 rings (SSSR count). The number of ether oxygens (including phenoxy) is 1. The van der Waals surface area contributed by atoms with E-state index < -0.39 is 5.82 Å². The molecule has 0 radical (unpaired) electrons. The molecule has 0 atom stereocenters. The first-order valence-electron chi connectivity index (χ1n) is 10.9. The van der Waals surface area contributed by atoms with Crippen molar-refractivity contribution in [1.82, 2.24) is 14.9 Å². The highest BCUT2D eigenvalue weighted by Crippen LogP contribution is 2.39. The lowest BCUT2D eigenvalue weighted by molar-refractivity contribution is 0.266. The third-order valence-electron chi connectivity index (χ3n) is 5.11. The van der Waals surface area contributed by atoms with Gasteiger partial charge in [-0.25, -0.2) is 4.39 Å². The van der Waals surface area contributed by atoms with Gasteiger partial charge in [0.15, 0.2) is 11.6 Å². The molecule has 0 bridgehead atoms. The molecule has 0 fully saturated rings. The molecule has 5 nitrogen and oxygen atoms in total. The van der Waals surface area contributed by atoms with Crippen molar-refractivity contribution in [2.24, 2.45) is 0 Å². The zero-order chi connectivity index (χ0) is 22.5. The molecule has 3 heterocycles. The van der Waals surface area contributed by atoms with Crippen LogP contribution in [0.1, 0.15) is 32.3 Å². The minimum Gasteiger partial charge on any atom is -0.453 e. The molecular formula is C25H27FN4OS. The Bertz CT molecular complexity index is 1190. The number of pyridine rings is 2. The largest absolute Gasteiger partial charge is 0.453 e. The fourth-order valence-corrected chi connectivity index (χ4v) is 4.71. The van der Waals surface area contributed by atoms with Crippen LogP contribution < -0.4 is 10.5 Å². The number of benzene rings is 1. The Morgan fingerprint density at radius 3 is 2.50 bits per heavy atom. The maximum Gasteiger partial charge on any atom is 0.167 e.